The topological polar surface area (TPSA) is 101 Å². The summed E-state index contributed by atoms with van der Waals surface area (Å²) in [5.41, 5.74) is 5.49. The Kier molecular flexibility index (Phi) is 26.6. The number of nitrogens with two attached hydrogens (primary N) is 1. The maximum absolute atomic E-state index is 8.74. The third-order valence-electron chi connectivity index (χ3n) is 3.56. The summed E-state index contributed by atoms with van der Waals surface area (Å²) in [5.74, 6) is 2.64. The molecule has 21 heavy (non-hydrogen) atoms. The van der Waals surface area contributed by atoms with Crippen molar-refractivity contribution in [3.05, 3.63) is 0 Å². The molecule has 0 rings (SSSR count). The first-order valence-corrected chi connectivity index (χ1v) is 8.41. The first-order chi connectivity index (χ1) is 8.61. The van der Waals surface area contributed by atoms with Crippen LogP contribution in [0.5, 0.6) is 0 Å². The predicted octanol–water partition coefficient (Wildman–Crippen LogP) is -2.60. The van der Waals surface area contributed by atoms with Crippen LogP contribution >= 0.6 is 0 Å². The van der Waals surface area contributed by atoms with Crippen LogP contribution in [0.25, 0.3) is 0 Å². The van der Waals surface area contributed by atoms with Gasteiger partial charge in [0.05, 0.1) is 0 Å². The fraction of sp³-hybridized carbons (Fsp3) is 1.00. The summed E-state index contributed by atoms with van der Waals surface area (Å²) in [6, 6.07) is 0. The molecule has 0 aromatic heterocycles. The van der Waals surface area contributed by atoms with Gasteiger partial charge in [0, 0.05) is 0 Å². The molecule has 0 amide bonds. The van der Waals surface area contributed by atoms with Crippen LogP contribution in [-0.4, -0.2) is 24.1 Å². The van der Waals surface area contributed by atoms with E-state index in [0.717, 1.165) is 24.3 Å². The van der Waals surface area contributed by atoms with Gasteiger partial charge >= 0.3 is 69.5 Å². The third-order valence-corrected chi connectivity index (χ3v) is 3.56. The zero-order valence-corrected chi connectivity index (χ0v) is 19.5. The molecular weight excluding hydrogens is 312 g/mol. The van der Waals surface area contributed by atoms with E-state index in [4.69, 9.17) is 23.3 Å². The second kappa shape index (κ2) is 18.2. The van der Waals surface area contributed by atoms with E-state index in [1.165, 1.54) is 32.1 Å². The van der Waals surface area contributed by atoms with Gasteiger partial charge in [-0.05, 0) is 37.1 Å². The maximum atomic E-state index is 8.74. The van der Waals surface area contributed by atoms with Gasteiger partial charge in [-0.2, -0.15) is 8.42 Å². The summed E-state index contributed by atoms with van der Waals surface area (Å²) in [6.45, 7) is 10.3. The van der Waals surface area contributed by atoms with Gasteiger partial charge in [-0.3, -0.25) is 9.11 Å². The van der Waals surface area contributed by atoms with Crippen molar-refractivity contribution in [1.82, 2.24) is 0 Å². The normalized spacial score (nSPS) is 14.6. The second-order valence-electron chi connectivity index (χ2n) is 5.44. The summed E-state index contributed by atoms with van der Waals surface area (Å²) in [6.07, 6.45) is 6.57. The molecule has 3 atom stereocenters. The third kappa shape index (κ3) is 30.3. The quantitative estimate of drug-likeness (QED) is 0.255. The van der Waals surface area contributed by atoms with Crippen LogP contribution in [0.2, 0.25) is 0 Å². The number of unbranched alkanes of at least 4 members (excludes halogenated alkanes) is 1. The van der Waals surface area contributed by atoms with Crippen LogP contribution in [0.15, 0.2) is 0 Å². The largest absolute Gasteiger partial charge is 1.00 e. The zero-order valence-electron chi connectivity index (χ0n) is 16.7. The number of hydrogen-bond donors (Lipinski definition) is 3. The molecule has 0 fully saturated rings. The van der Waals surface area contributed by atoms with Gasteiger partial charge in [-0.1, -0.05) is 47.0 Å². The first kappa shape index (κ1) is 30.7. The van der Waals surface area contributed by atoms with Crippen molar-refractivity contribution < 1.29 is 79.5 Å². The van der Waals surface area contributed by atoms with Gasteiger partial charge in [0.15, 0.2) is 0 Å². The Morgan fingerprint density at radius 1 is 1.05 bits per heavy atom. The molecule has 0 heterocycles. The molecule has 8 heteroatoms. The molecule has 4 N–H and O–H groups in total. The fourth-order valence-corrected chi connectivity index (χ4v) is 1.93. The van der Waals surface area contributed by atoms with Crippen molar-refractivity contribution in [2.75, 3.05) is 6.54 Å². The van der Waals surface area contributed by atoms with E-state index < -0.39 is 10.4 Å². The fourth-order valence-electron chi connectivity index (χ4n) is 1.93. The van der Waals surface area contributed by atoms with Gasteiger partial charge in [-0.25, -0.2) is 0 Å². The molecule has 0 aliphatic carbocycles. The van der Waals surface area contributed by atoms with Crippen LogP contribution in [0.4, 0.5) is 0 Å². The van der Waals surface area contributed by atoms with Crippen molar-refractivity contribution >= 4 is 10.4 Å². The minimum absolute atomic E-state index is 0. The van der Waals surface area contributed by atoms with E-state index in [9.17, 15) is 0 Å². The van der Waals surface area contributed by atoms with Crippen molar-refractivity contribution in [1.29, 1.82) is 0 Å². The van der Waals surface area contributed by atoms with Gasteiger partial charge in [0.2, 0.25) is 0 Å². The summed E-state index contributed by atoms with van der Waals surface area (Å²) >= 11 is 0. The Bertz CT molecular complexity index is 304. The molecule has 0 aliphatic rings. The standard InChI is InChI=1S/C13H29N.2Na.H2O4S.2H/c1-5-11(2)10-13(4)12(3)8-6-7-9-14;;;1-5(2,3)4;;/h11-13H,5-10,14H2,1-4H3;;;(H2,1,2,3,4);;/q;2*+1;;2*-1. The van der Waals surface area contributed by atoms with Crippen LogP contribution in [0.1, 0.15) is 62.7 Å². The molecule has 0 bridgehead atoms. The summed E-state index contributed by atoms with van der Waals surface area (Å²) in [4.78, 5) is 0. The molecule has 5 nitrogen and oxygen atoms in total. The first-order valence-electron chi connectivity index (χ1n) is 7.01. The average Bonchev–Trinajstić information content (AvgIpc) is 2.26. The van der Waals surface area contributed by atoms with E-state index in [2.05, 4.69) is 27.7 Å². The molecule has 0 aromatic rings. The Morgan fingerprint density at radius 3 is 1.81 bits per heavy atom. The molecule has 0 saturated carbocycles. The summed E-state index contributed by atoms with van der Waals surface area (Å²) in [7, 11) is -4.67. The van der Waals surface area contributed by atoms with E-state index in [1.807, 2.05) is 0 Å². The molecule has 3 unspecified atom stereocenters. The SMILES string of the molecule is CCC(C)CC(C)C(C)CCCCN.O=S(=O)(O)O.[H-].[H-].[Na+].[Na+]. The van der Waals surface area contributed by atoms with E-state index in [-0.39, 0.29) is 62.0 Å². The van der Waals surface area contributed by atoms with Gasteiger partial charge in [0.1, 0.15) is 0 Å². The van der Waals surface area contributed by atoms with Gasteiger partial charge in [-0.15, -0.1) is 0 Å². The van der Waals surface area contributed by atoms with Crippen LogP contribution < -0.4 is 64.8 Å². The van der Waals surface area contributed by atoms with Crippen LogP contribution in [0, 0.1) is 17.8 Å². The van der Waals surface area contributed by atoms with Crippen molar-refractivity contribution in [3.8, 4) is 0 Å². The van der Waals surface area contributed by atoms with E-state index in [1.54, 1.807) is 0 Å². The van der Waals surface area contributed by atoms with Crippen LogP contribution in [0.3, 0.4) is 0 Å². The Hall–Kier alpha value is 1.83. The molecule has 0 spiro atoms. The van der Waals surface area contributed by atoms with Crippen LogP contribution in [-0.2, 0) is 10.4 Å². The van der Waals surface area contributed by atoms with Gasteiger partial charge < -0.3 is 8.59 Å². The van der Waals surface area contributed by atoms with Crippen molar-refractivity contribution in [3.63, 3.8) is 0 Å². The summed E-state index contributed by atoms with van der Waals surface area (Å²) < 4.78 is 31.6. The molecule has 122 valence electrons. The smallest absolute Gasteiger partial charge is 1.00 e. The Morgan fingerprint density at radius 2 is 1.48 bits per heavy atom. The minimum Gasteiger partial charge on any atom is -1.00 e. The second-order valence-corrected chi connectivity index (χ2v) is 6.33. The molecule has 0 saturated heterocycles. The predicted molar refractivity (Wildman–Crippen MR) is 81.7 cm³/mol. The van der Waals surface area contributed by atoms with Gasteiger partial charge in [0.25, 0.3) is 0 Å². The number of hydrogen-bond acceptors (Lipinski definition) is 3. The van der Waals surface area contributed by atoms with E-state index >= 15 is 0 Å². The Labute approximate surface area is 178 Å². The number of rotatable bonds is 8. The minimum atomic E-state index is -4.67. The molecular formula is C13H33NNa2O4S. The maximum Gasteiger partial charge on any atom is 1.00 e. The molecule has 0 radical (unpaired) electrons. The van der Waals surface area contributed by atoms with Crippen molar-refractivity contribution in [2.45, 2.75) is 59.8 Å². The monoisotopic (exact) mass is 345 g/mol. The summed E-state index contributed by atoms with van der Waals surface area (Å²) in [5, 5.41) is 0. The van der Waals surface area contributed by atoms with Crippen molar-refractivity contribution in [2.24, 2.45) is 23.5 Å². The zero-order chi connectivity index (χ0) is 15.5. The van der Waals surface area contributed by atoms with E-state index in [0.29, 0.717) is 0 Å². The average molecular weight is 345 g/mol. The Balaban J connectivity index is -0.0000000708. The molecule has 0 aromatic carbocycles. The molecule has 0 aliphatic heterocycles.